The minimum atomic E-state index is 0.0961. The minimum Gasteiger partial charge on any atom is -0.271 e. The Morgan fingerprint density at radius 1 is 1.28 bits per heavy atom. The van der Waals surface area contributed by atoms with Gasteiger partial charge in [-0.2, -0.15) is 0 Å². The molecule has 1 atom stereocenters. The Kier molecular flexibility index (Phi) is 5.24. The monoisotopic (exact) mass is 408 g/mol. The number of nitrogens with two attached hydrogens (primary N) is 1. The number of benzene rings is 1. The van der Waals surface area contributed by atoms with Crippen LogP contribution < -0.4 is 11.3 Å². The fraction of sp³-hybridized carbons (Fsp3) is 0.167. The molecule has 0 aliphatic rings. The van der Waals surface area contributed by atoms with Crippen LogP contribution in [0.15, 0.2) is 38.6 Å². The molecule has 0 saturated carbocycles. The molecule has 0 amide bonds. The van der Waals surface area contributed by atoms with Gasteiger partial charge in [-0.25, -0.2) is 0 Å². The minimum absolute atomic E-state index is 0.0961. The van der Waals surface area contributed by atoms with Crippen molar-refractivity contribution >= 4 is 54.8 Å². The van der Waals surface area contributed by atoms with Gasteiger partial charge in [0.05, 0.1) is 9.83 Å². The van der Waals surface area contributed by atoms with Gasteiger partial charge in [-0.05, 0) is 62.0 Å². The van der Waals surface area contributed by atoms with Gasteiger partial charge >= 0.3 is 0 Å². The highest BCUT2D eigenvalue weighted by molar-refractivity contribution is 9.13. The number of hydrazine groups is 1. The molecule has 0 radical (unpaired) electrons. The van der Waals surface area contributed by atoms with Gasteiger partial charge in [-0.3, -0.25) is 11.3 Å². The highest BCUT2D eigenvalue weighted by atomic mass is 79.9. The highest BCUT2D eigenvalue weighted by Crippen LogP contribution is 2.36. The normalized spacial score (nSPS) is 12.7. The third kappa shape index (κ3) is 3.56. The molecule has 2 aromatic rings. The molecular weight excluding hydrogens is 399 g/mol. The molecule has 0 fully saturated rings. The van der Waals surface area contributed by atoms with Crippen molar-refractivity contribution in [2.75, 3.05) is 0 Å². The van der Waals surface area contributed by atoms with Gasteiger partial charge in [0.1, 0.15) is 0 Å². The summed E-state index contributed by atoms with van der Waals surface area (Å²) in [7, 11) is 0. The Morgan fingerprint density at radius 3 is 2.44 bits per heavy atom. The fourth-order valence-electron chi connectivity index (χ4n) is 1.63. The average molecular weight is 411 g/mol. The van der Waals surface area contributed by atoms with E-state index in [2.05, 4.69) is 43.4 Å². The van der Waals surface area contributed by atoms with E-state index in [1.54, 1.807) is 11.3 Å². The van der Waals surface area contributed by atoms with Gasteiger partial charge in [0.15, 0.2) is 0 Å². The van der Waals surface area contributed by atoms with Crippen molar-refractivity contribution in [3.05, 3.63) is 54.1 Å². The van der Waals surface area contributed by atoms with Crippen LogP contribution in [0.25, 0.3) is 0 Å². The average Bonchev–Trinajstić information content (AvgIpc) is 2.69. The molecule has 0 aliphatic heterocycles. The van der Waals surface area contributed by atoms with Crippen molar-refractivity contribution in [1.82, 2.24) is 5.43 Å². The zero-order valence-electron chi connectivity index (χ0n) is 9.29. The van der Waals surface area contributed by atoms with Crippen LogP contribution in [0.4, 0.5) is 0 Å². The van der Waals surface area contributed by atoms with Gasteiger partial charge in [-0.1, -0.05) is 23.7 Å². The molecule has 0 aliphatic carbocycles. The Morgan fingerprint density at radius 2 is 1.94 bits per heavy atom. The molecule has 18 heavy (non-hydrogen) atoms. The Bertz CT molecular complexity index is 508. The van der Waals surface area contributed by atoms with Crippen molar-refractivity contribution in [2.45, 2.75) is 12.5 Å². The first kappa shape index (κ1) is 14.5. The Labute approximate surface area is 132 Å². The zero-order chi connectivity index (χ0) is 13.1. The zero-order valence-corrected chi connectivity index (χ0v) is 14.0. The molecule has 1 unspecified atom stereocenters. The molecule has 1 aromatic carbocycles. The van der Waals surface area contributed by atoms with Crippen LogP contribution in [0.1, 0.15) is 16.5 Å². The first-order chi connectivity index (χ1) is 8.60. The van der Waals surface area contributed by atoms with Gasteiger partial charge < -0.3 is 0 Å². The third-order valence-electron chi connectivity index (χ3n) is 2.56. The topological polar surface area (TPSA) is 38.0 Å². The molecule has 96 valence electrons. The Balaban J connectivity index is 2.16. The van der Waals surface area contributed by atoms with Crippen LogP contribution in [-0.2, 0) is 6.42 Å². The van der Waals surface area contributed by atoms with Crippen molar-refractivity contribution in [3.63, 3.8) is 0 Å². The standard InChI is InChI=1S/C12H11Br2ClN2S/c13-9-6-11(18-12(9)14)10(17-16)5-7-1-3-8(15)4-2-7/h1-4,6,10,17H,5,16H2. The summed E-state index contributed by atoms with van der Waals surface area (Å²) in [4.78, 5) is 1.19. The second-order valence-electron chi connectivity index (χ2n) is 3.82. The van der Waals surface area contributed by atoms with E-state index in [-0.39, 0.29) is 6.04 Å². The number of hydrogen-bond acceptors (Lipinski definition) is 3. The number of halogens is 3. The lowest BCUT2D eigenvalue weighted by atomic mass is 10.1. The largest absolute Gasteiger partial charge is 0.271 e. The van der Waals surface area contributed by atoms with Crippen LogP contribution in [0.3, 0.4) is 0 Å². The van der Waals surface area contributed by atoms with E-state index in [1.807, 2.05) is 24.3 Å². The number of thiophene rings is 1. The quantitative estimate of drug-likeness (QED) is 0.568. The van der Waals surface area contributed by atoms with Crippen molar-refractivity contribution in [2.24, 2.45) is 5.84 Å². The van der Waals surface area contributed by atoms with Crippen LogP contribution in [0.2, 0.25) is 5.02 Å². The van der Waals surface area contributed by atoms with E-state index in [0.717, 1.165) is 19.7 Å². The molecule has 1 heterocycles. The van der Waals surface area contributed by atoms with E-state index < -0.39 is 0 Å². The van der Waals surface area contributed by atoms with Gasteiger partial charge in [0.2, 0.25) is 0 Å². The molecule has 2 rings (SSSR count). The summed E-state index contributed by atoms with van der Waals surface area (Å²) < 4.78 is 2.13. The van der Waals surface area contributed by atoms with Crippen molar-refractivity contribution < 1.29 is 0 Å². The summed E-state index contributed by atoms with van der Waals surface area (Å²) in [6.07, 6.45) is 0.826. The summed E-state index contributed by atoms with van der Waals surface area (Å²) in [5, 5.41) is 0.748. The summed E-state index contributed by atoms with van der Waals surface area (Å²) in [6.45, 7) is 0. The molecular formula is C12H11Br2ClN2S. The van der Waals surface area contributed by atoms with E-state index in [4.69, 9.17) is 17.4 Å². The van der Waals surface area contributed by atoms with Gasteiger partial charge in [0, 0.05) is 14.4 Å². The maximum Gasteiger partial charge on any atom is 0.0843 e. The van der Waals surface area contributed by atoms with Gasteiger partial charge in [0.25, 0.3) is 0 Å². The lowest BCUT2D eigenvalue weighted by Gasteiger charge is -2.14. The summed E-state index contributed by atoms with van der Waals surface area (Å²) in [6, 6.07) is 10.00. The molecule has 0 bridgehead atoms. The summed E-state index contributed by atoms with van der Waals surface area (Å²) >= 11 is 14.5. The summed E-state index contributed by atoms with van der Waals surface area (Å²) in [5.41, 5.74) is 4.05. The van der Waals surface area contributed by atoms with E-state index in [9.17, 15) is 0 Å². The fourth-order valence-corrected chi connectivity index (χ4v) is 3.91. The molecule has 1 aromatic heterocycles. The Hall–Kier alpha value is 0.0900. The second-order valence-corrected chi connectivity index (χ2v) is 7.51. The third-order valence-corrected chi connectivity index (χ3v) is 6.18. The first-order valence-corrected chi connectivity index (χ1v) is 8.03. The number of hydrogen-bond donors (Lipinski definition) is 2. The van der Waals surface area contributed by atoms with Gasteiger partial charge in [-0.15, -0.1) is 11.3 Å². The predicted octanol–water partition coefficient (Wildman–Crippen LogP) is 4.67. The summed E-state index contributed by atoms with van der Waals surface area (Å²) in [5.74, 6) is 5.64. The molecule has 3 N–H and O–H groups in total. The van der Waals surface area contributed by atoms with Crippen LogP contribution in [0.5, 0.6) is 0 Å². The molecule has 6 heteroatoms. The maximum atomic E-state index is 5.87. The number of rotatable bonds is 4. The molecule has 0 spiro atoms. The molecule has 0 saturated heterocycles. The smallest absolute Gasteiger partial charge is 0.0843 e. The van der Waals surface area contributed by atoms with Crippen LogP contribution >= 0.6 is 54.8 Å². The van der Waals surface area contributed by atoms with Crippen molar-refractivity contribution in [1.29, 1.82) is 0 Å². The molecule has 2 nitrogen and oxygen atoms in total. The highest BCUT2D eigenvalue weighted by Gasteiger charge is 2.15. The second kappa shape index (κ2) is 6.50. The SMILES string of the molecule is NNC(Cc1ccc(Cl)cc1)c1cc(Br)c(Br)s1. The predicted molar refractivity (Wildman–Crippen MR) is 84.9 cm³/mol. The van der Waals surface area contributed by atoms with Crippen LogP contribution in [-0.4, -0.2) is 0 Å². The van der Waals surface area contributed by atoms with Crippen molar-refractivity contribution in [3.8, 4) is 0 Å². The number of nitrogens with one attached hydrogen (secondary N) is 1. The first-order valence-electron chi connectivity index (χ1n) is 5.25. The van der Waals surface area contributed by atoms with E-state index >= 15 is 0 Å². The van der Waals surface area contributed by atoms with E-state index in [1.165, 1.54) is 10.4 Å². The lowest BCUT2D eigenvalue weighted by Crippen LogP contribution is -2.28. The lowest BCUT2D eigenvalue weighted by molar-refractivity contribution is 0.560. The van der Waals surface area contributed by atoms with E-state index in [0.29, 0.717) is 0 Å². The maximum absolute atomic E-state index is 5.87. The van der Waals surface area contributed by atoms with Crippen LogP contribution in [0, 0.1) is 0 Å².